The van der Waals surface area contributed by atoms with Gasteiger partial charge in [0.1, 0.15) is 6.61 Å². The van der Waals surface area contributed by atoms with E-state index < -0.39 is 6.61 Å². The molecular formula is C18H13ClO2. The Morgan fingerprint density at radius 1 is 0.952 bits per heavy atom. The van der Waals surface area contributed by atoms with Gasteiger partial charge in [-0.1, -0.05) is 60.1 Å². The molecule has 0 bridgehead atoms. The molecule has 0 saturated carbocycles. The minimum atomic E-state index is -0.505. The molecular weight excluding hydrogens is 284 g/mol. The molecule has 3 rings (SSSR count). The maximum absolute atomic E-state index is 12.2. The number of rotatable bonds is 3. The smallest absolute Gasteiger partial charge is 0.189 e. The van der Waals surface area contributed by atoms with Crippen molar-refractivity contribution in [2.24, 2.45) is 0 Å². The Morgan fingerprint density at radius 3 is 2.38 bits per heavy atom. The molecule has 0 aliphatic rings. The minimum absolute atomic E-state index is 0.281. The summed E-state index contributed by atoms with van der Waals surface area (Å²) in [4.78, 5) is 12.2. The van der Waals surface area contributed by atoms with Gasteiger partial charge in [-0.15, -0.1) is 0 Å². The molecule has 2 nitrogen and oxygen atoms in total. The van der Waals surface area contributed by atoms with Gasteiger partial charge >= 0.3 is 0 Å². The summed E-state index contributed by atoms with van der Waals surface area (Å²) in [6.45, 7) is -0.505. The first kappa shape index (κ1) is 13.8. The van der Waals surface area contributed by atoms with Gasteiger partial charge in [0, 0.05) is 10.6 Å². The van der Waals surface area contributed by atoms with Gasteiger partial charge in [-0.05, 0) is 34.0 Å². The lowest BCUT2D eigenvalue weighted by atomic mass is 9.92. The molecule has 104 valence electrons. The van der Waals surface area contributed by atoms with Gasteiger partial charge in [0.15, 0.2) is 5.78 Å². The number of ketones is 1. The molecule has 1 N–H and O–H groups in total. The number of hydrogen-bond acceptors (Lipinski definition) is 2. The highest BCUT2D eigenvalue weighted by molar-refractivity contribution is 6.30. The van der Waals surface area contributed by atoms with Crippen LogP contribution < -0.4 is 0 Å². The molecule has 3 heteroatoms. The van der Waals surface area contributed by atoms with Crippen LogP contribution in [0.2, 0.25) is 5.02 Å². The van der Waals surface area contributed by atoms with Gasteiger partial charge < -0.3 is 5.11 Å². The Labute approximate surface area is 127 Å². The van der Waals surface area contributed by atoms with E-state index in [0.29, 0.717) is 10.6 Å². The first-order valence-electron chi connectivity index (χ1n) is 6.62. The lowest BCUT2D eigenvalue weighted by Crippen LogP contribution is -2.07. The number of carbonyl (C=O) groups is 1. The SMILES string of the molecule is O=C(CO)c1c(-c2ccc(Cl)cc2)ccc2ccccc12. The van der Waals surface area contributed by atoms with Crippen molar-refractivity contribution in [1.82, 2.24) is 0 Å². The van der Waals surface area contributed by atoms with Crippen LogP contribution in [0.25, 0.3) is 21.9 Å². The van der Waals surface area contributed by atoms with Crippen LogP contribution in [0.1, 0.15) is 10.4 Å². The zero-order valence-electron chi connectivity index (χ0n) is 11.2. The topological polar surface area (TPSA) is 37.3 Å². The van der Waals surface area contributed by atoms with E-state index in [0.717, 1.165) is 21.9 Å². The molecule has 3 aromatic rings. The molecule has 0 aliphatic heterocycles. The minimum Gasteiger partial charge on any atom is -0.388 e. The summed E-state index contributed by atoms with van der Waals surface area (Å²) in [6.07, 6.45) is 0. The average Bonchev–Trinajstić information content (AvgIpc) is 2.54. The Balaban J connectivity index is 2.31. The summed E-state index contributed by atoms with van der Waals surface area (Å²) >= 11 is 5.92. The van der Waals surface area contributed by atoms with Crippen LogP contribution in [0, 0.1) is 0 Å². The second kappa shape index (κ2) is 5.68. The van der Waals surface area contributed by atoms with Crippen molar-refractivity contribution in [2.45, 2.75) is 0 Å². The van der Waals surface area contributed by atoms with Crippen molar-refractivity contribution in [1.29, 1.82) is 0 Å². The maximum Gasteiger partial charge on any atom is 0.189 e. The molecule has 0 unspecified atom stereocenters. The number of carbonyl (C=O) groups excluding carboxylic acids is 1. The molecule has 0 radical (unpaired) electrons. The molecule has 0 atom stereocenters. The second-order valence-electron chi connectivity index (χ2n) is 4.80. The first-order valence-corrected chi connectivity index (χ1v) is 7.00. The molecule has 0 saturated heterocycles. The molecule has 0 spiro atoms. The molecule has 0 amide bonds. The van der Waals surface area contributed by atoms with E-state index in [1.165, 1.54) is 0 Å². The lowest BCUT2D eigenvalue weighted by molar-refractivity contribution is 0.0906. The summed E-state index contributed by atoms with van der Waals surface area (Å²) in [5.74, 6) is -0.281. The van der Waals surface area contributed by atoms with Gasteiger partial charge in [-0.2, -0.15) is 0 Å². The number of fused-ring (bicyclic) bond motifs is 1. The second-order valence-corrected chi connectivity index (χ2v) is 5.23. The number of aliphatic hydroxyl groups excluding tert-OH is 1. The standard InChI is InChI=1S/C18H13ClO2/c19-14-8-5-13(6-9-14)16-10-7-12-3-1-2-4-15(12)18(16)17(21)11-20/h1-10,20H,11H2. The van der Waals surface area contributed by atoms with Crippen LogP contribution in [0.4, 0.5) is 0 Å². The predicted molar refractivity (Wildman–Crippen MR) is 85.8 cm³/mol. The summed E-state index contributed by atoms with van der Waals surface area (Å²) in [7, 11) is 0. The lowest BCUT2D eigenvalue weighted by Gasteiger charge is -2.12. The predicted octanol–water partition coefficient (Wildman–Crippen LogP) is 4.34. The van der Waals surface area contributed by atoms with Crippen molar-refractivity contribution in [3.05, 3.63) is 71.2 Å². The molecule has 3 aromatic carbocycles. The van der Waals surface area contributed by atoms with Gasteiger partial charge in [0.2, 0.25) is 0 Å². The van der Waals surface area contributed by atoms with E-state index in [-0.39, 0.29) is 5.78 Å². The van der Waals surface area contributed by atoms with E-state index in [9.17, 15) is 9.90 Å². The zero-order chi connectivity index (χ0) is 14.8. The van der Waals surface area contributed by atoms with Crippen LogP contribution in [-0.2, 0) is 0 Å². The summed E-state index contributed by atoms with van der Waals surface area (Å²) < 4.78 is 0. The number of hydrogen-bond donors (Lipinski definition) is 1. The number of halogens is 1. The Kier molecular flexibility index (Phi) is 3.74. The van der Waals surface area contributed by atoms with Gasteiger partial charge in [0.05, 0.1) is 0 Å². The maximum atomic E-state index is 12.2. The van der Waals surface area contributed by atoms with Crippen LogP contribution in [0.15, 0.2) is 60.7 Å². The normalized spacial score (nSPS) is 10.8. The van der Waals surface area contributed by atoms with E-state index in [2.05, 4.69) is 0 Å². The van der Waals surface area contributed by atoms with E-state index in [1.807, 2.05) is 48.5 Å². The first-order chi connectivity index (χ1) is 10.2. The Morgan fingerprint density at radius 2 is 1.67 bits per heavy atom. The molecule has 21 heavy (non-hydrogen) atoms. The monoisotopic (exact) mass is 296 g/mol. The van der Waals surface area contributed by atoms with E-state index >= 15 is 0 Å². The highest BCUT2D eigenvalue weighted by Gasteiger charge is 2.15. The fraction of sp³-hybridized carbons (Fsp3) is 0.0556. The third-order valence-electron chi connectivity index (χ3n) is 3.51. The van der Waals surface area contributed by atoms with Crippen LogP contribution in [0.3, 0.4) is 0 Å². The Hall–Kier alpha value is -2.16. The van der Waals surface area contributed by atoms with Gasteiger partial charge in [0.25, 0.3) is 0 Å². The molecule has 0 aliphatic carbocycles. The largest absolute Gasteiger partial charge is 0.388 e. The van der Waals surface area contributed by atoms with Crippen molar-refractivity contribution < 1.29 is 9.90 Å². The third-order valence-corrected chi connectivity index (χ3v) is 3.76. The van der Waals surface area contributed by atoms with Crippen molar-refractivity contribution >= 4 is 28.2 Å². The molecule has 0 fully saturated rings. The summed E-state index contributed by atoms with van der Waals surface area (Å²) in [5, 5.41) is 11.8. The van der Waals surface area contributed by atoms with Crippen LogP contribution in [-0.4, -0.2) is 17.5 Å². The van der Waals surface area contributed by atoms with Crippen LogP contribution >= 0.6 is 11.6 Å². The molecule has 0 heterocycles. The van der Waals surface area contributed by atoms with Gasteiger partial charge in [-0.3, -0.25) is 4.79 Å². The van der Waals surface area contributed by atoms with Crippen molar-refractivity contribution in [3.8, 4) is 11.1 Å². The zero-order valence-corrected chi connectivity index (χ0v) is 12.0. The third kappa shape index (κ3) is 2.56. The fourth-order valence-corrected chi connectivity index (χ4v) is 2.65. The highest BCUT2D eigenvalue weighted by atomic mass is 35.5. The van der Waals surface area contributed by atoms with Crippen molar-refractivity contribution in [2.75, 3.05) is 6.61 Å². The van der Waals surface area contributed by atoms with Crippen LogP contribution in [0.5, 0.6) is 0 Å². The van der Waals surface area contributed by atoms with E-state index in [1.54, 1.807) is 12.1 Å². The summed E-state index contributed by atoms with van der Waals surface area (Å²) in [5.41, 5.74) is 2.27. The quantitative estimate of drug-likeness (QED) is 0.730. The summed E-state index contributed by atoms with van der Waals surface area (Å²) in [6, 6.07) is 18.9. The average molecular weight is 297 g/mol. The number of aliphatic hydroxyl groups is 1. The fourth-order valence-electron chi connectivity index (χ4n) is 2.52. The Bertz CT molecular complexity index is 807. The van der Waals surface area contributed by atoms with E-state index in [4.69, 9.17) is 11.6 Å². The van der Waals surface area contributed by atoms with Crippen molar-refractivity contribution in [3.63, 3.8) is 0 Å². The highest BCUT2D eigenvalue weighted by Crippen LogP contribution is 2.31. The number of Topliss-reactive ketones (excluding diaryl/α,β-unsaturated/α-hetero) is 1. The van der Waals surface area contributed by atoms with Gasteiger partial charge in [-0.25, -0.2) is 0 Å². The molecule has 0 aromatic heterocycles. The number of benzene rings is 3.